The summed E-state index contributed by atoms with van der Waals surface area (Å²) in [5, 5.41) is 0.942. The highest BCUT2D eigenvalue weighted by Gasteiger charge is 2.06. The number of ether oxygens (including phenoxy) is 1. The van der Waals surface area contributed by atoms with Gasteiger partial charge in [-0.15, -0.1) is 0 Å². The number of hydrogen-bond acceptors (Lipinski definition) is 4. The van der Waals surface area contributed by atoms with Crippen molar-refractivity contribution in [1.29, 1.82) is 0 Å². The molecular formula is C12H15N3OS. The molecule has 0 unspecified atom stereocenters. The maximum Gasteiger partial charge on any atom is 0.172 e. The minimum atomic E-state index is 0.612. The third kappa shape index (κ3) is 2.74. The molecule has 1 heterocycles. The SMILES string of the molecule is CCOc1cc(Sc2nccn2C)ccc1N. The second kappa shape index (κ2) is 5.14. The van der Waals surface area contributed by atoms with Gasteiger partial charge in [0.2, 0.25) is 0 Å². The van der Waals surface area contributed by atoms with E-state index >= 15 is 0 Å². The molecule has 17 heavy (non-hydrogen) atoms. The lowest BCUT2D eigenvalue weighted by atomic mass is 10.3. The van der Waals surface area contributed by atoms with Crippen LogP contribution in [0.15, 0.2) is 40.6 Å². The summed E-state index contributed by atoms with van der Waals surface area (Å²) in [5.41, 5.74) is 6.49. The van der Waals surface area contributed by atoms with E-state index in [1.54, 1.807) is 18.0 Å². The van der Waals surface area contributed by atoms with Crippen LogP contribution in [0, 0.1) is 0 Å². The summed E-state index contributed by atoms with van der Waals surface area (Å²) in [6, 6.07) is 5.77. The number of imidazole rings is 1. The minimum Gasteiger partial charge on any atom is -0.492 e. The van der Waals surface area contributed by atoms with Crippen molar-refractivity contribution in [2.45, 2.75) is 17.0 Å². The number of nitrogens with zero attached hydrogens (tertiary/aromatic N) is 2. The van der Waals surface area contributed by atoms with Crippen LogP contribution in [0.1, 0.15) is 6.92 Å². The van der Waals surface area contributed by atoms with Crippen molar-refractivity contribution in [3.8, 4) is 5.75 Å². The Balaban J connectivity index is 2.22. The average molecular weight is 249 g/mol. The molecule has 0 radical (unpaired) electrons. The predicted octanol–water partition coefficient (Wildman–Crippen LogP) is 2.55. The second-order valence-corrected chi connectivity index (χ2v) is 4.60. The van der Waals surface area contributed by atoms with E-state index in [1.165, 1.54) is 0 Å². The quantitative estimate of drug-likeness (QED) is 0.846. The molecule has 0 spiro atoms. The average Bonchev–Trinajstić information content (AvgIpc) is 2.70. The lowest BCUT2D eigenvalue weighted by molar-refractivity contribution is 0.341. The Morgan fingerprint density at radius 3 is 2.94 bits per heavy atom. The van der Waals surface area contributed by atoms with Gasteiger partial charge in [0.1, 0.15) is 5.75 Å². The molecule has 0 aliphatic rings. The van der Waals surface area contributed by atoms with Gasteiger partial charge in [0, 0.05) is 24.3 Å². The van der Waals surface area contributed by atoms with E-state index < -0.39 is 0 Å². The minimum absolute atomic E-state index is 0.612. The molecule has 0 aliphatic heterocycles. The van der Waals surface area contributed by atoms with Gasteiger partial charge >= 0.3 is 0 Å². The molecule has 5 heteroatoms. The van der Waals surface area contributed by atoms with Crippen LogP contribution in [0.25, 0.3) is 0 Å². The van der Waals surface area contributed by atoms with Crippen LogP contribution in [-0.4, -0.2) is 16.2 Å². The number of nitrogen functional groups attached to an aromatic ring is 1. The summed E-state index contributed by atoms with van der Waals surface area (Å²) in [7, 11) is 1.97. The molecule has 0 saturated carbocycles. The molecule has 2 N–H and O–H groups in total. The molecule has 2 rings (SSSR count). The highest BCUT2D eigenvalue weighted by molar-refractivity contribution is 7.99. The summed E-state index contributed by atoms with van der Waals surface area (Å²) in [6.45, 7) is 2.55. The van der Waals surface area contributed by atoms with Crippen molar-refractivity contribution in [1.82, 2.24) is 9.55 Å². The van der Waals surface area contributed by atoms with Gasteiger partial charge in [-0.1, -0.05) is 11.8 Å². The van der Waals surface area contributed by atoms with Gasteiger partial charge in [-0.25, -0.2) is 4.98 Å². The maximum atomic E-state index is 5.82. The van der Waals surface area contributed by atoms with Gasteiger partial charge in [-0.3, -0.25) is 0 Å². The van der Waals surface area contributed by atoms with Gasteiger partial charge in [-0.05, 0) is 25.1 Å². The number of rotatable bonds is 4. The van der Waals surface area contributed by atoms with Crippen LogP contribution in [0.2, 0.25) is 0 Å². The smallest absolute Gasteiger partial charge is 0.172 e. The predicted molar refractivity (Wildman–Crippen MR) is 69.4 cm³/mol. The van der Waals surface area contributed by atoms with E-state index in [9.17, 15) is 0 Å². The molecule has 0 amide bonds. The second-order valence-electron chi connectivity index (χ2n) is 3.56. The Hall–Kier alpha value is -1.62. The Bertz CT molecular complexity index is 510. The van der Waals surface area contributed by atoms with Crippen LogP contribution >= 0.6 is 11.8 Å². The Kier molecular flexibility index (Phi) is 3.58. The molecule has 0 bridgehead atoms. The summed E-state index contributed by atoms with van der Waals surface area (Å²) in [6.07, 6.45) is 3.70. The first-order valence-electron chi connectivity index (χ1n) is 5.38. The number of aryl methyl sites for hydroxylation is 1. The Morgan fingerprint density at radius 1 is 1.47 bits per heavy atom. The first kappa shape index (κ1) is 11.9. The number of hydrogen-bond donors (Lipinski definition) is 1. The van der Waals surface area contributed by atoms with Crippen LogP contribution in [-0.2, 0) is 7.05 Å². The first-order valence-corrected chi connectivity index (χ1v) is 6.20. The van der Waals surface area contributed by atoms with Crippen LogP contribution in [0.3, 0.4) is 0 Å². The van der Waals surface area contributed by atoms with Crippen molar-refractivity contribution < 1.29 is 4.74 Å². The van der Waals surface area contributed by atoms with Gasteiger partial charge in [0.15, 0.2) is 5.16 Å². The molecule has 4 nitrogen and oxygen atoms in total. The molecule has 0 atom stereocenters. The zero-order chi connectivity index (χ0) is 12.3. The van der Waals surface area contributed by atoms with Crippen LogP contribution in [0.4, 0.5) is 5.69 Å². The van der Waals surface area contributed by atoms with E-state index in [4.69, 9.17) is 10.5 Å². The fourth-order valence-corrected chi connectivity index (χ4v) is 2.25. The third-order valence-electron chi connectivity index (χ3n) is 2.27. The first-order chi connectivity index (χ1) is 8.20. The molecule has 1 aromatic carbocycles. The fraction of sp³-hybridized carbons (Fsp3) is 0.250. The molecule has 0 saturated heterocycles. The van der Waals surface area contributed by atoms with Crippen molar-refractivity contribution in [3.05, 3.63) is 30.6 Å². The highest BCUT2D eigenvalue weighted by Crippen LogP contribution is 2.31. The van der Waals surface area contributed by atoms with Crippen molar-refractivity contribution in [2.24, 2.45) is 7.05 Å². The zero-order valence-electron chi connectivity index (χ0n) is 9.88. The van der Waals surface area contributed by atoms with E-state index in [0.29, 0.717) is 12.3 Å². The highest BCUT2D eigenvalue weighted by atomic mass is 32.2. The van der Waals surface area contributed by atoms with E-state index in [-0.39, 0.29) is 0 Å². The van der Waals surface area contributed by atoms with Gasteiger partial charge < -0.3 is 15.0 Å². The molecule has 90 valence electrons. The lowest BCUT2D eigenvalue weighted by Gasteiger charge is -2.08. The van der Waals surface area contributed by atoms with Crippen LogP contribution < -0.4 is 10.5 Å². The zero-order valence-corrected chi connectivity index (χ0v) is 10.7. The number of anilines is 1. The number of nitrogens with two attached hydrogens (primary N) is 1. The monoisotopic (exact) mass is 249 g/mol. The molecule has 2 aromatic rings. The number of benzene rings is 1. The van der Waals surface area contributed by atoms with Crippen molar-refractivity contribution in [3.63, 3.8) is 0 Å². The third-order valence-corrected chi connectivity index (χ3v) is 3.34. The summed E-state index contributed by atoms with van der Waals surface area (Å²) in [4.78, 5) is 5.33. The van der Waals surface area contributed by atoms with Crippen LogP contribution in [0.5, 0.6) is 5.75 Å². The van der Waals surface area contributed by atoms with Gasteiger partial charge in [0.05, 0.1) is 12.3 Å². The molecule has 0 fully saturated rings. The topological polar surface area (TPSA) is 53.1 Å². The summed E-state index contributed by atoms with van der Waals surface area (Å²) < 4.78 is 7.43. The van der Waals surface area contributed by atoms with E-state index in [0.717, 1.165) is 15.8 Å². The summed E-state index contributed by atoms with van der Waals surface area (Å²) in [5.74, 6) is 0.728. The maximum absolute atomic E-state index is 5.82. The normalized spacial score (nSPS) is 10.5. The van der Waals surface area contributed by atoms with E-state index in [1.807, 2.05) is 42.9 Å². The molecule has 1 aromatic heterocycles. The Morgan fingerprint density at radius 2 is 2.29 bits per heavy atom. The largest absolute Gasteiger partial charge is 0.492 e. The Labute approximate surface area is 105 Å². The molecule has 0 aliphatic carbocycles. The van der Waals surface area contributed by atoms with Crippen molar-refractivity contribution in [2.75, 3.05) is 12.3 Å². The molecular weight excluding hydrogens is 234 g/mol. The standard InChI is InChI=1S/C12H15N3OS/c1-3-16-11-8-9(4-5-10(11)13)17-12-14-6-7-15(12)2/h4-8H,3,13H2,1-2H3. The van der Waals surface area contributed by atoms with Crippen molar-refractivity contribution >= 4 is 17.4 Å². The fourth-order valence-electron chi connectivity index (χ4n) is 1.41. The van der Waals surface area contributed by atoms with Gasteiger partial charge in [-0.2, -0.15) is 0 Å². The van der Waals surface area contributed by atoms with E-state index in [2.05, 4.69) is 4.98 Å². The lowest BCUT2D eigenvalue weighted by Crippen LogP contribution is -1.97. The summed E-state index contributed by atoms with van der Waals surface area (Å²) >= 11 is 1.59. The van der Waals surface area contributed by atoms with Gasteiger partial charge in [0.25, 0.3) is 0 Å². The number of aromatic nitrogens is 2.